The Morgan fingerprint density at radius 2 is 2.10 bits per heavy atom. The van der Waals surface area contributed by atoms with Crippen molar-refractivity contribution in [3.63, 3.8) is 0 Å². The van der Waals surface area contributed by atoms with E-state index in [2.05, 4.69) is 10.4 Å². The Kier molecular flexibility index (Phi) is 3.32. The van der Waals surface area contributed by atoms with Gasteiger partial charge >= 0.3 is 0 Å². The average molecular weight is 312 g/mol. The molecule has 21 heavy (non-hydrogen) atoms. The van der Waals surface area contributed by atoms with E-state index in [9.17, 15) is 13.2 Å². The lowest BCUT2D eigenvalue weighted by Crippen LogP contribution is -2.57. The summed E-state index contributed by atoms with van der Waals surface area (Å²) >= 11 is 0. The molecule has 1 aromatic rings. The number of hydrogen-bond acceptors (Lipinski definition) is 4. The van der Waals surface area contributed by atoms with Gasteiger partial charge in [0.25, 0.3) is 0 Å². The Morgan fingerprint density at radius 1 is 1.38 bits per heavy atom. The van der Waals surface area contributed by atoms with Gasteiger partial charge in [0.1, 0.15) is 10.9 Å². The first kappa shape index (κ1) is 14.5. The Labute approximate surface area is 124 Å². The van der Waals surface area contributed by atoms with E-state index < -0.39 is 16.1 Å². The highest BCUT2D eigenvalue weighted by Gasteiger charge is 2.49. The van der Waals surface area contributed by atoms with Crippen molar-refractivity contribution >= 4 is 15.9 Å². The predicted octanol–water partition coefficient (Wildman–Crippen LogP) is 0.424. The molecule has 2 saturated heterocycles. The summed E-state index contributed by atoms with van der Waals surface area (Å²) in [5, 5.41) is 6.95. The van der Waals surface area contributed by atoms with Gasteiger partial charge in [0.15, 0.2) is 0 Å². The highest BCUT2D eigenvalue weighted by atomic mass is 32.2. The molecule has 0 spiro atoms. The fourth-order valence-electron chi connectivity index (χ4n) is 3.29. The molecule has 3 heterocycles. The van der Waals surface area contributed by atoms with Crippen LogP contribution in [0.25, 0.3) is 0 Å². The van der Waals surface area contributed by atoms with Crippen molar-refractivity contribution in [2.45, 2.75) is 56.6 Å². The highest BCUT2D eigenvalue weighted by molar-refractivity contribution is 7.89. The second-order valence-corrected chi connectivity index (χ2v) is 7.77. The number of hydrogen-bond donors (Lipinski definition) is 1. The summed E-state index contributed by atoms with van der Waals surface area (Å²) in [6, 6.07) is -0.620. The van der Waals surface area contributed by atoms with Gasteiger partial charge < -0.3 is 5.32 Å². The molecule has 2 atom stereocenters. The Bertz CT molecular complexity index is 680. The molecule has 8 heteroatoms. The first-order valence-electron chi connectivity index (χ1n) is 7.19. The van der Waals surface area contributed by atoms with Gasteiger partial charge in [0, 0.05) is 18.6 Å². The Hall–Kier alpha value is -1.41. The highest BCUT2D eigenvalue weighted by Crippen LogP contribution is 2.34. The summed E-state index contributed by atoms with van der Waals surface area (Å²) < 4.78 is 29.0. The van der Waals surface area contributed by atoms with Crippen molar-refractivity contribution in [2.24, 2.45) is 0 Å². The van der Waals surface area contributed by atoms with Crippen molar-refractivity contribution in [3.8, 4) is 0 Å². The molecule has 2 bridgehead atoms. The van der Waals surface area contributed by atoms with E-state index in [0.29, 0.717) is 18.7 Å². The number of piperazine rings is 1. The minimum atomic E-state index is -3.69. The van der Waals surface area contributed by atoms with Gasteiger partial charge in [-0.3, -0.25) is 9.48 Å². The Morgan fingerprint density at radius 3 is 2.71 bits per heavy atom. The fourth-order valence-corrected chi connectivity index (χ4v) is 5.28. The van der Waals surface area contributed by atoms with E-state index >= 15 is 0 Å². The number of aromatic nitrogens is 2. The lowest BCUT2D eigenvalue weighted by molar-refractivity contribution is -0.126. The van der Waals surface area contributed by atoms with Gasteiger partial charge in [-0.25, -0.2) is 8.42 Å². The zero-order chi connectivity index (χ0) is 15.4. The van der Waals surface area contributed by atoms with Crippen molar-refractivity contribution in [1.29, 1.82) is 0 Å². The quantitative estimate of drug-likeness (QED) is 0.877. The molecule has 1 aromatic heterocycles. The minimum absolute atomic E-state index is 0.0929. The zero-order valence-electron chi connectivity index (χ0n) is 12.4. The Balaban J connectivity index is 2.03. The predicted molar refractivity (Wildman–Crippen MR) is 76.2 cm³/mol. The summed E-state index contributed by atoms with van der Waals surface area (Å²) in [4.78, 5) is 12.1. The van der Waals surface area contributed by atoms with Crippen LogP contribution in [0.4, 0.5) is 0 Å². The second kappa shape index (κ2) is 4.81. The molecular weight excluding hydrogens is 292 g/mol. The standard InChI is InChI=1S/C13H20N4O3S/c1-8(2)16-9(3)12(7-15-16)21(19,20)17-10-4-5-11(17)13(18)14-6-10/h7-8,10-11H,4-6H2,1-3H3,(H,14,18). The molecule has 3 rings (SSSR count). The van der Waals surface area contributed by atoms with Gasteiger partial charge in [-0.05, 0) is 33.6 Å². The summed E-state index contributed by atoms with van der Waals surface area (Å²) in [5.41, 5.74) is 0.621. The van der Waals surface area contributed by atoms with E-state index in [1.807, 2.05) is 13.8 Å². The van der Waals surface area contributed by atoms with Crippen LogP contribution in [0.2, 0.25) is 0 Å². The number of sulfonamides is 1. The maximum atomic E-state index is 12.9. The largest absolute Gasteiger partial charge is 0.353 e. The van der Waals surface area contributed by atoms with Crippen LogP contribution in [0.1, 0.15) is 38.4 Å². The summed E-state index contributed by atoms with van der Waals surface area (Å²) in [5.74, 6) is -0.193. The topological polar surface area (TPSA) is 84.3 Å². The third kappa shape index (κ3) is 2.08. The number of nitrogens with zero attached hydrogens (tertiary/aromatic N) is 3. The molecule has 2 aliphatic rings. The van der Waals surface area contributed by atoms with Crippen molar-refractivity contribution in [2.75, 3.05) is 6.54 Å². The van der Waals surface area contributed by atoms with Crippen LogP contribution < -0.4 is 5.32 Å². The third-order valence-corrected chi connectivity index (χ3v) is 6.36. The van der Waals surface area contributed by atoms with E-state index in [4.69, 9.17) is 0 Å². The van der Waals surface area contributed by atoms with Crippen molar-refractivity contribution < 1.29 is 13.2 Å². The first-order chi connectivity index (χ1) is 9.84. The lowest BCUT2D eigenvalue weighted by atomic mass is 10.2. The third-order valence-electron chi connectivity index (χ3n) is 4.30. The van der Waals surface area contributed by atoms with Gasteiger partial charge in [-0.15, -0.1) is 0 Å². The van der Waals surface area contributed by atoms with Crippen molar-refractivity contribution in [1.82, 2.24) is 19.4 Å². The van der Waals surface area contributed by atoms with Gasteiger partial charge in [-0.1, -0.05) is 0 Å². The molecule has 0 aromatic carbocycles. The fraction of sp³-hybridized carbons (Fsp3) is 0.692. The van der Waals surface area contributed by atoms with Crippen LogP contribution in [0.3, 0.4) is 0 Å². The monoisotopic (exact) mass is 312 g/mol. The van der Waals surface area contributed by atoms with Gasteiger partial charge in [-0.2, -0.15) is 9.40 Å². The molecule has 116 valence electrons. The summed E-state index contributed by atoms with van der Waals surface area (Å²) in [7, 11) is -3.69. The molecule has 2 unspecified atom stereocenters. The molecule has 1 N–H and O–H groups in total. The number of nitrogens with one attached hydrogen (secondary N) is 1. The number of carbonyl (C=O) groups excluding carboxylic acids is 1. The molecule has 0 aliphatic carbocycles. The number of carbonyl (C=O) groups is 1. The van der Waals surface area contributed by atoms with Gasteiger partial charge in [0.2, 0.25) is 15.9 Å². The van der Waals surface area contributed by atoms with E-state index in [0.717, 1.165) is 6.42 Å². The normalized spacial score (nSPS) is 26.4. The van der Waals surface area contributed by atoms with Crippen molar-refractivity contribution in [3.05, 3.63) is 11.9 Å². The molecule has 0 saturated carbocycles. The van der Waals surface area contributed by atoms with Crippen LogP contribution in [-0.4, -0.2) is 47.0 Å². The molecule has 0 radical (unpaired) electrons. The molecule has 7 nitrogen and oxygen atoms in total. The minimum Gasteiger partial charge on any atom is -0.353 e. The van der Waals surface area contributed by atoms with Crippen LogP contribution in [-0.2, 0) is 14.8 Å². The number of fused-ring (bicyclic) bond motifs is 2. The van der Waals surface area contributed by atoms with E-state index in [-0.39, 0.29) is 22.9 Å². The molecule has 2 fully saturated rings. The van der Waals surface area contributed by atoms with Crippen LogP contribution in [0.15, 0.2) is 11.1 Å². The van der Waals surface area contributed by atoms with Crippen LogP contribution in [0.5, 0.6) is 0 Å². The molecule has 1 amide bonds. The summed E-state index contributed by atoms with van der Waals surface area (Å²) in [6.07, 6.45) is 2.71. The number of amides is 1. The maximum Gasteiger partial charge on any atom is 0.247 e. The number of rotatable bonds is 3. The second-order valence-electron chi connectivity index (χ2n) is 5.96. The maximum absolute atomic E-state index is 12.9. The SMILES string of the molecule is Cc1c(S(=O)(=O)N2C3CCC2C(=O)NC3)cnn1C(C)C. The molecular formula is C13H20N4O3S. The smallest absolute Gasteiger partial charge is 0.247 e. The van der Waals surface area contributed by atoms with Crippen LogP contribution in [0, 0.1) is 6.92 Å². The average Bonchev–Trinajstić information content (AvgIpc) is 2.95. The van der Waals surface area contributed by atoms with Crippen LogP contribution >= 0.6 is 0 Å². The zero-order valence-corrected chi connectivity index (χ0v) is 13.2. The first-order valence-corrected chi connectivity index (χ1v) is 8.63. The lowest BCUT2D eigenvalue weighted by Gasteiger charge is -2.33. The summed E-state index contributed by atoms with van der Waals surface area (Å²) in [6.45, 7) is 6.06. The van der Waals surface area contributed by atoms with E-state index in [1.165, 1.54) is 10.5 Å². The van der Waals surface area contributed by atoms with Gasteiger partial charge in [0.05, 0.1) is 11.9 Å². The molecule has 2 aliphatic heterocycles. The van der Waals surface area contributed by atoms with E-state index in [1.54, 1.807) is 11.6 Å².